The van der Waals surface area contributed by atoms with Gasteiger partial charge in [0.15, 0.2) is 0 Å². The number of hydrogen-bond donors (Lipinski definition) is 1. The van der Waals surface area contributed by atoms with Gasteiger partial charge in [0.2, 0.25) is 11.8 Å². The van der Waals surface area contributed by atoms with Crippen molar-refractivity contribution >= 4 is 45.4 Å². The summed E-state index contributed by atoms with van der Waals surface area (Å²) in [5.74, 6) is 2.02. The van der Waals surface area contributed by atoms with Crippen molar-refractivity contribution in [1.82, 2.24) is 10.4 Å². The molecule has 2 aliphatic heterocycles. The second-order valence-electron chi connectivity index (χ2n) is 9.03. The van der Waals surface area contributed by atoms with Crippen LogP contribution in [0.25, 0.3) is 0 Å². The molecular formula is C27H24N3NaO9S. The van der Waals surface area contributed by atoms with Gasteiger partial charge in [-0.25, -0.2) is 13.2 Å². The van der Waals surface area contributed by atoms with Gasteiger partial charge in [-0.15, -0.1) is 5.06 Å². The van der Waals surface area contributed by atoms with Gasteiger partial charge in [0.25, 0.3) is 11.8 Å². The fourth-order valence-corrected chi connectivity index (χ4v) is 4.87. The standard InChI is InChI=1S/C27H25N3O9S.Na/c31-23(10-5-11-26(34)39-30-25(33)16-22(27(30)35)40(36,37)38)28-15-14-24(32)29-17-20-8-2-1-6-18(20)12-13-19-7-3-4-9-21(19)29;/h1-4,6-9,22H,5,10-11,14-17H2,(H,28,31)(H,36,37,38);/q;+1/p-1. The van der Waals surface area contributed by atoms with Crippen molar-refractivity contribution in [2.45, 2.75) is 43.9 Å². The molecule has 2 aliphatic rings. The number of fused-ring (bicyclic) bond motifs is 2. The van der Waals surface area contributed by atoms with Gasteiger partial charge in [-0.2, -0.15) is 0 Å². The van der Waals surface area contributed by atoms with Gasteiger partial charge >= 0.3 is 35.5 Å². The minimum atomic E-state index is -5.07. The van der Waals surface area contributed by atoms with E-state index >= 15 is 0 Å². The van der Waals surface area contributed by atoms with E-state index in [1.165, 1.54) is 0 Å². The van der Waals surface area contributed by atoms with Crippen LogP contribution in [0.1, 0.15) is 48.8 Å². The molecule has 4 amide bonds. The van der Waals surface area contributed by atoms with Crippen molar-refractivity contribution in [3.8, 4) is 11.8 Å². The minimum Gasteiger partial charge on any atom is -0.747 e. The number of benzene rings is 2. The Hall–Kier alpha value is -3.54. The quantitative estimate of drug-likeness (QED) is 0.147. The maximum absolute atomic E-state index is 13.2. The summed E-state index contributed by atoms with van der Waals surface area (Å²) < 4.78 is 33.1. The predicted molar refractivity (Wildman–Crippen MR) is 138 cm³/mol. The Morgan fingerprint density at radius 1 is 0.976 bits per heavy atom. The van der Waals surface area contributed by atoms with E-state index in [1.807, 2.05) is 48.5 Å². The van der Waals surface area contributed by atoms with Gasteiger partial charge in [0.1, 0.15) is 15.4 Å². The van der Waals surface area contributed by atoms with E-state index in [4.69, 9.17) is 0 Å². The molecule has 2 aromatic rings. The molecule has 1 unspecified atom stereocenters. The molecule has 0 spiro atoms. The summed E-state index contributed by atoms with van der Waals surface area (Å²) in [5.41, 5.74) is 3.11. The van der Waals surface area contributed by atoms with Crippen molar-refractivity contribution in [1.29, 1.82) is 0 Å². The number of imide groups is 1. The second kappa shape index (κ2) is 13.9. The van der Waals surface area contributed by atoms with E-state index < -0.39 is 45.5 Å². The molecule has 1 saturated heterocycles. The summed E-state index contributed by atoms with van der Waals surface area (Å²) in [6.07, 6.45) is -1.36. The fraction of sp³-hybridized carbons (Fsp3) is 0.296. The third kappa shape index (κ3) is 8.02. The Bertz CT molecular complexity index is 1550. The monoisotopic (exact) mass is 589 g/mol. The zero-order valence-electron chi connectivity index (χ0n) is 22.1. The fourth-order valence-electron chi connectivity index (χ4n) is 4.18. The number of amides is 4. The van der Waals surface area contributed by atoms with Crippen LogP contribution in [0, 0.1) is 11.8 Å². The molecular weight excluding hydrogens is 565 g/mol. The van der Waals surface area contributed by atoms with Crippen LogP contribution in [0.15, 0.2) is 48.5 Å². The molecule has 0 aromatic heterocycles. The molecule has 2 aromatic carbocycles. The van der Waals surface area contributed by atoms with Gasteiger partial charge < -0.3 is 19.6 Å². The van der Waals surface area contributed by atoms with E-state index in [2.05, 4.69) is 22.0 Å². The first-order chi connectivity index (χ1) is 19.0. The van der Waals surface area contributed by atoms with Crippen LogP contribution >= 0.6 is 0 Å². The average molecular weight is 590 g/mol. The van der Waals surface area contributed by atoms with Gasteiger partial charge in [-0.1, -0.05) is 42.2 Å². The first-order valence-electron chi connectivity index (χ1n) is 12.3. The molecule has 41 heavy (non-hydrogen) atoms. The maximum Gasteiger partial charge on any atom is 1.00 e. The first-order valence-corrected chi connectivity index (χ1v) is 13.8. The van der Waals surface area contributed by atoms with E-state index in [0.29, 0.717) is 17.8 Å². The molecule has 1 atom stereocenters. The zero-order chi connectivity index (χ0) is 28.9. The maximum atomic E-state index is 13.2. The normalized spacial score (nSPS) is 15.8. The summed E-state index contributed by atoms with van der Waals surface area (Å²) in [5, 5.41) is 0.465. The Balaban J connectivity index is 0.00000462. The molecule has 0 saturated carbocycles. The third-order valence-electron chi connectivity index (χ3n) is 6.22. The minimum absolute atomic E-state index is 0. The molecule has 0 bridgehead atoms. The van der Waals surface area contributed by atoms with E-state index in [9.17, 15) is 36.9 Å². The van der Waals surface area contributed by atoms with Crippen molar-refractivity contribution in [2.75, 3.05) is 11.4 Å². The van der Waals surface area contributed by atoms with Crippen LogP contribution in [0.2, 0.25) is 0 Å². The Kier molecular flexibility index (Phi) is 10.8. The number of carbonyl (C=O) groups is 5. The number of anilines is 1. The number of para-hydroxylation sites is 1. The summed E-state index contributed by atoms with van der Waals surface area (Å²) in [7, 11) is -5.07. The van der Waals surface area contributed by atoms with Crippen molar-refractivity contribution in [2.24, 2.45) is 0 Å². The topological polar surface area (TPSA) is 170 Å². The summed E-state index contributed by atoms with van der Waals surface area (Å²) in [6.45, 7) is 0.371. The van der Waals surface area contributed by atoms with Crippen molar-refractivity contribution < 1.29 is 71.3 Å². The molecule has 208 valence electrons. The third-order valence-corrected chi connectivity index (χ3v) is 7.29. The van der Waals surface area contributed by atoms with Crippen LogP contribution in [0.4, 0.5) is 5.69 Å². The summed E-state index contributed by atoms with van der Waals surface area (Å²) >= 11 is 0. The molecule has 12 nitrogen and oxygen atoms in total. The molecule has 0 aliphatic carbocycles. The Labute approximate surface area is 258 Å². The van der Waals surface area contributed by atoms with E-state index in [1.54, 1.807) is 4.90 Å². The van der Waals surface area contributed by atoms with Crippen LogP contribution in [-0.2, 0) is 45.5 Å². The van der Waals surface area contributed by atoms with Gasteiger partial charge in [-0.3, -0.25) is 19.2 Å². The van der Waals surface area contributed by atoms with E-state index in [-0.39, 0.29) is 72.8 Å². The summed E-state index contributed by atoms with van der Waals surface area (Å²) in [4.78, 5) is 67.2. The first kappa shape index (κ1) is 32.0. The van der Waals surface area contributed by atoms with Crippen LogP contribution in [0.3, 0.4) is 0 Å². The number of hydrogen-bond acceptors (Lipinski definition) is 9. The zero-order valence-corrected chi connectivity index (χ0v) is 24.9. The average Bonchev–Trinajstić information content (AvgIpc) is 3.18. The van der Waals surface area contributed by atoms with Crippen molar-refractivity contribution in [3.05, 3.63) is 65.2 Å². The SMILES string of the molecule is O=C(CCCC(=O)ON1C(=O)CC(S(=O)(=O)[O-])C1=O)NCCC(=O)N1Cc2ccccc2C#Cc2ccccc21.[Na+]. The second-order valence-corrected chi connectivity index (χ2v) is 10.6. The Morgan fingerprint density at radius 3 is 2.34 bits per heavy atom. The van der Waals surface area contributed by atoms with Gasteiger partial charge in [0, 0.05) is 36.9 Å². The summed E-state index contributed by atoms with van der Waals surface area (Å²) in [6, 6.07) is 14.9. The van der Waals surface area contributed by atoms with E-state index in [0.717, 1.165) is 11.1 Å². The Morgan fingerprint density at radius 2 is 1.63 bits per heavy atom. The smallest absolute Gasteiger partial charge is 0.747 e. The van der Waals surface area contributed by atoms with Crippen LogP contribution in [-0.4, -0.2) is 59.4 Å². The molecule has 1 N–H and O–H groups in total. The molecule has 1 fully saturated rings. The number of rotatable bonds is 9. The molecule has 2 heterocycles. The molecule has 4 rings (SSSR count). The van der Waals surface area contributed by atoms with Gasteiger partial charge in [0.05, 0.1) is 18.7 Å². The van der Waals surface area contributed by atoms with Crippen LogP contribution < -0.4 is 39.8 Å². The van der Waals surface area contributed by atoms with Gasteiger partial charge in [-0.05, 0) is 30.2 Å². The van der Waals surface area contributed by atoms with Crippen molar-refractivity contribution in [3.63, 3.8) is 0 Å². The number of hydroxylamine groups is 2. The number of nitrogens with one attached hydrogen (secondary N) is 1. The predicted octanol–water partition coefficient (Wildman–Crippen LogP) is -2.26. The largest absolute Gasteiger partial charge is 1.00 e. The molecule has 0 radical (unpaired) electrons. The number of carbonyl (C=O) groups excluding carboxylic acids is 5. The number of nitrogens with zero attached hydrogens (tertiary/aromatic N) is 2. The van der Waals surface area contributed by atoms with Crippen LogP contribution in [0.5, 0.6) is 0 Å². The molecule has 14 heteroatoms.